The van der Waals surface area contributed by atoms with Crippen LogP contribution in [-0.4, -0.2) is 71.3 Å². The van der Waals surface area contributed by atoms with Gasteiger partial charge in [-0.15, -0.1) is 24.0 Å². The van der Waals surface area contributed by atoms with Crippen LogP contribution in [0.15, 0.2) is 42.0 Å². The third-order valence-corrected chi connectivity index (χ3v) is 4.61. The van der Waals surface area contributed by atoms with Crippen LogP contribution in [-0.2, 0) is 11.3 Å². The highest BCUT2D eigenvalue weighted by Gasteiger charge is 2.21. The molecule has 2 aromatic heterocycles. The van der Waals surface area contributed by atoms with Crippen LogP contribution in [0.5, 0.6) is 0 Å². The van der Waals surface area contributed by atoms with E-state index in [9.17, 15) is 0 Å². The van der Waals surface area contributed by atoms with E-state index < -0.39 is 0 Å². The van der Waals surface area contributed by atoms with Gasteiger partial charge in [-0.05, 0) is 17.5 Å². The topological polar surface area (TPSA) is 79.6 Å². The molecule has 1 unspecified atom stereocenters. The predicted octanol–water partition coefficient (Wildman–Crippen LogP) is 1.91. The first kappa shape index (κ1) is 23.6. The van der Waals surface area contributed by atoms with Gasteiger partial charge in [0.2, 0.25) is 0 Å². The van der Waals surface area contributed by atoms with Crippen LogP contribution in [0, 0.1) is 5.92 Å². The summed E-state index contributed by atoms with van der Waals surface area (Å²) in [5, 5.41) is 6.70. The number of hydrogen-bond donors (Lipinski definition) is 2. The van der Waals surface area contributed by atoms with Gasteiger partial charge in [-0.25, -0.2) is 9.97 Å². The fraction of sp³-hybridized carbons (Fsp3) is 0.550. The zero-order chi connectivity index (χ0) is 19.8. The van der Waals surface area contributed by atoms with Gasteiger partial charge in [0.1, 0.15) is 12.1 Å². The maximum atomic E-state index is 5.89. The van der Waals surface area contributed by atoms with Gasteiger partial charge < -0.3 is 15.4 Å². The molecule has 3 rings (SSSR count). The van der Waals surface area contributed by atoms with E-state index >= 15 is 0 Å². The molecule has 0 saturated carbocycles. The van der Waals surface area contributed by atoms with Crippen molar-refractivity contribution in [3.63, 3.8) is 0 Å². The maximum Gasteiger partial charge on any atom is 0.191 e. The van der Waals surface area contributed by atoms with Gasteiger partial charge >= 0.3 is 0 Å². The summed E-state index contributed by atoms with van der Waals surface area (Å²) >= 11 is 0. The smallest absolute Gasteiger partial charge is 0.191 e. The Morgan fingerprint density at radius 3 is 2.86 bits per heavy atom. The van der Waals surface area contributed by atoms with Crippen molar-refractivity contribution in [3.8, 4) is 5.82 Å². The number of morpholine rings is 1. The number of hydrogen-bond acceptors (Lipinski definition) is 5. The second-order valence-corrected chi connectivity index (χ2v) is 7.45. The molecule has 0 bridgehead atoms. The summed E-state index contributed by atoms with van der Waals surface area (Å²) < 4.78 is 7.77. The summed E-state index contributed by atoms with van der Waals surface area (Å²) in [6.07, 6.45) is 7.40. The van der Waals surface area contributed by atoms with Crippen LogP contribution in [0.4, 0.5) is 0 Å². The number of aliphatic imine (C=N–C) groups is 1. The third kappa shape index (κ3) is 7.56. The Morgan fingerprint density at radius 2 is 2.21 bits per heavy atom. The lowest BCUT2D eigenvalue weighted by molar-refractivity contribution is -0.0284. The van der Waals surface area contributed by atoms with Gasteiger partial charge in [0.05, 0.1) is 12.7 Å². The first-order valence-corrected chi connectivity index (χ1v) is 9.85. The van der Waals surface area contributed by atoms with Crippen LogP contribution in [0.25, 0.3) is 5.82 Å². The molecule has 29 heavy (non-hydrogen) atoms. The Morgan fingerprint density at radius 1 is 1.34 bits per heavy atom. The average molecular weight is 513 g/mol. The quantitative estimate of drug-likeness (QED) is 0.335. The molecule has 0 spiro atoms. The molecule has 1 aliphatic rings. The van der Waals surface area contributed by atoms with Gasteiger partial charge in [0, 0.05) is 58.4 Å². The molecule has 3 heterocycles. The van der Waals surface area contributed by atoms with Gasteiger partial charge in [0.25, 0.3) is 0 Å². The number of imidazole rings is 1. The largest absolute Gasteiger partial charge is 0.374 e. The van der Waals surface area contributed by atoms with Crippen molar-refractivity contribution in [2.45, 2.75) is 26.5 Å². The highest BCUT2D eigenvalue weighted by atomic mass is 127. The molecular formula is C20H32IN7O. The Labute approximate surface area is 190 Å². The van der Waals surface area contributed by atoms with E-state index in [1.165, 1.54) is 0 Å². The van der Waals surface area contributed by atoms with Crippen LogP contribution in [0.2, 0.25) is 0 Å². The summed E-state index contributed by atoms with van der Waals surface area (Å²) in [6.45, 7) is 9.80. The number of nitrogens with one attached hydrogen (secondary N) is 2. The van der Waals surface area contributed by atoms with Crippen molar-refractivity contribution in [1.82, 2.24) is 30.1 Å². The van der Waals surface area contributed by atoms with Gasteiger partial charge in [-0.2, -0.15) is 0 Å². The molecule has 9 heteroatoms. The fourth-order valence-corrected chi connectivity index (χ4v) is 3.27. The van der Waals surface area contributed by atoms with Crippen LogP contribution < -0.4 is 10.6 Å². The van der Waals surface area contributed by atoms with Crippen LogP contribution in [0.3, 0.4) is 0 Å². The first-order chi connectivity index (χ1) is 13.6. The summed E-state index contributed by atoms with van der Waals surface area (Å²) in [6, 6.07) is 4.03. The highest BCUT2D eigenvalue weighted by molar-refractivity contribution is 14.0. The molecule has 0 aliphatic carbocycles. The number of rotatable bonds is 7. The van der Waals surface area contributed by atoms with Crippen LogP contribution >= 0.6 is 24.0 Å². The molecule has 1 fully saturated rings. The summed E-state index contributed by atoms with van der Waals surface area (Å²) in [5.74, 6) is 2.29. The number of pyridine rings is 1. The lowest BCUT2D eigenvalue weighted by atomic mass is 10.2. The molecule has 8 nitrogen and oxygen atoms in total. The molecular weight excluding hydrogens is 481 g/mol. The number of ether oxygens (including phenoxy) is 1. The number of guanidine groups is 1. The van der Waals surface area contributed by atoms with Crippen molar-refractivity contribution in [2.24, 2.45) is 10.9 Å². The Kier molecular flexibility index (Phi) is 9.82. The maximum absolute atomic E-state index is 5.89. The van der Waals surface area contributed by atoms with E-state index in [0.29, 0.717) is 12.5 Å². The zero-order valence-corrected chi connectivity index (χ0v) is 19.7. The summed E-state index contributed by atoms with van der Waals surface area (Å²) in [4.78, 5) is 15.3. The molecule has 160 valence electrons. The molecule has 2 N–H and O–H groups in total. The number of halogens is 1. The second kappa shape index (κ2) is 12.1. The molecule has 1 aliphatic heterocycles. The van der Waals surface area contributed by atoms with Crippen LogP contribution in [0.1, 0.15) is 19.4 Å². The van der Waals surface area contributed by atoms with E-state index in [2.05, 4.69) is 50.4 Å². The minimum absolute atomic E-state index is 0. The minimum Gasteiger partial charge on any atom is -0.374 e. The standard InChI is InChI=1S/C20H31N7O.HI/c1-16(2)13-26-8-9-28-18(14-26)12-25-20(21-3)24-11-17-4-5-19(23-10-17)27-7-6-22-15-27;/h4-7,10,15-16,18H,8-9,11-14H2,1-3H3,(H2,21,24,25);1H. The SMILES string of the molecule is CN=C(NCc1ccc(-n2ccnc2)nc1)NCC1CN(CC(C)C)CCO1.I. The normalized spacial score (nSPS) is 17.8. The molecule has 1 saturated heterocycles. The Balaban J connectivity index is 0.00000300. The molecule has 0 aromatic carbocycles. The molecule has 0 amide bonds. The van der Waals surface area contributed by atoms with Crippen molar-refractivity contribution in [2.75, 3.05) is 39.8 Å². The van der Waals surface area contributed by atoms with E-state index in [1.807, 2.05) is 23.0 Å². The van der Waals surface area contributed by atoms with E-state index in [0.717, 1.165) is 50.1 Å². The molecule has 1 atom stereocenters. The summed E-state index contributed by atoms with van der Waals surface area (Å²) in [5.41, 5.74) is 1.09. The lowest BCUT2D eigenvalue weighted by Crippen LogP contribution is -2.50. The zero-order valence-electron chi connectivity index (χ0n) is 17.4. The van der Waals surface area contributed by atoms with Crippen molar-refractivity contribution in [3.05, 3.63) is 42.6 Å². The second-order valence-electron chi connectivity index (χ2n) is 7.45. The molecule has 2 aromatic rings. The van der Waals surface area contributed by atoms with Crippen molar-refractivity contribution >= 4 is 29.9 Å². The first-order valence-electron chi connectivity index (χ1n) is 9.85. The van der Waals surface area contributed by atoms with Gasteiger partial charge in [0.15, 0.2) is 5.96 Å². The number of aromatic nitrogens is 3. The fourth-order valence-electron chi connectivity index (χ4n) is 3.27. The summed E-state index contributed by atoms with van der Waals surface area (Å²) in [7, 11) is 1.78. The minimum atomic E-state index is 0. The number of nitrogens with zero attached hydrogens (tertiary/aromatic N) is 5. The lowest BCUT2D eigenvalue weighted by Gasteiger charge is -2.34. The third-order valence-electron chi connectivity index (χ3n) is 4.61. The Bertz CT molecular complexity index is 734. The van der Waals surface area contributed by atoms with Crippen molar-refractivity contribution < 1.29 is 4.74 Å². The van der Waals surface area contributed by atoms with Crippen molar-refractivity contribution in [1.29, 1.82) is 0 Å². The van der Waals surface area contributed by atoms with E-state index in [4.69, 9.17) is 4.74 Å². The highest BCUT2D eigenvalue weighted by Crippen LogP contribution is 2.08. The monoisotopic (exact) mass is 513 g/mol. The molecule has 0 radical (unpaired) electrons. The van der Waals surface area contributed by atoms with E-state index in [1.54, 1.807) is 19.6 Å². The average Bonchev–Trinajstić information content (AvgIpc) is 3.23. The van der Waals surface area contributed by atoms with Gasteiger partial charge in [-0.3, -0.25) is 14.5 Å². The Hall–Kier alpha value is -1.72. The predicted molar refractivity (Wildman–Crippen MR) is 126 cm³/mol. The van der Waals surface area contributed by atoms with E-state index in [-0.39, 0.29) is 30.1 Å². The van der Waals surface area contributed by atoms with Gasteiger partial charge in [-0.1, -0.05) is 19.9 Å².